The highest BCUT2D eigenvalue weighted by Crippen LogP contribution is 2.24. The summed E-state index contributed by atoms with van der Waals surface area (Å²) in [6.45, 7) is -0.294. The number of carbonyl (C=O) groups excluding carboxylic acids is 2. The fourth-order valence-electron chi connectivity index (χ4n) is 3.08. The molecule has 1 heterocycles. The molecule has 3 rings (SSSR count). The number of thiophene rings is 1. The van der Waals surface area contributed by atoms with E-state index in [1.165, 1.54) is 4.88 Å². The summed E-state index contributed by atoms with van der Waals surface area (Å²) in [6.07, 6.45) is 1.84. The summed E-state index contributed by atoms with van der Waals surface area (Å²) in [5.74, 6) is 0.0436. The topological polar surface area (TPSA) is 64.6 Å². The van der Waals surface area contributed by atoms with Gasteiger partial charge in [-0.05, 0) is 47.5 Å². The molecule has 1 N–H and O–H groups in total. The van der Waals surface area contributed by atoms with Crippen LogP contribution in [-0.2, 0) is 20.7 Å². The van der Waals surface area contributed by atoms with E-state index in [9.17, 15) is 9.59 Å². The van der Waals surface area contributed by atoms with E-state index >= 15 is 0 Å². The van der Waals surface area contributed by atoms with E-state index in [4.69, 9.17) is 9.47 Å². The molecule has 0 spiro atoms. The largest absolute Gasteiger partial charge is 0.497 e. The Labute approximate surface area is 180 Å². The molecule has 0 radical (unpaired) electrons. The maximum Gasteiger partial charge on any atom is 0.306 e. The summed E-state index contributed by atoms with van der Waals surface area (Å²) >= 11 is 1.67. The van der Waals surface area contributed by atoms with Crippen LogP contribution in [0.3, 0.4) is 0 Å². The molecule has 0 aliphatic carbocycles. The minimum atomic E-state index is -0.359. The molecule has 1 aromatic heterocycles. The Morgan fingerprint density at radius 2 is 1.70 bits per heavy atom. The molecule has 0 aliphatic heterocycles. The third-order valence-electron chi connectivity index (χ3n) is 4.64. The lowest BCUT2D eigenvalue weighted by Crippen LogP contribution is -2.33. The average Bonchev–Trinajstić information content (AvgIpc) is 3.30. The van der Waals surface area contributed by atoms with Crippen molar-refractivity contribution >= 4 is 23.2 Å². The number of aryl methyl sites for hydroxylation is 1. The third kappa shape index (κ3) is 6.46. The summed E-state index contributed by atoms with van der Waals surface area (Å²) in [6, 6.07) is 20.9. The Bertz CT molecular complexity index is 924. The first-order chi connectivity index (χ1) is 14.7. The molecule has 0 unspecified atom stereocenters. The Kier molecular flexibility index (Phi) is 8.03. The van der Waals surface area contributed by atoms with Gasteiger partial charge in [0.15, 0.2) is 6.61 Å². The van der Waals surface area contributed by atoms with Gasteiger partial charge in [0, 0.05) is 11.3 Å². The second-order valence-corrected chi connectivity index (χ2v) is 7.81. The van der Waals surface area contributed by atoms with E-state index in [0.29, 0.717) is 12.8 Å². The third-order valence-corrected chi connectivity index (χ3v) is 5.57. The van der Waals surface area contributed by atoms with Crippen molar-refractivity contribution in [3.05, 3.63) is 88.1 Å². The van der Waals surface area contributed by atoms with E-state index < -0.39 is 0 Å². The molecular formula is C24H25NO4S. The van der Waals surface area contributed by atoms with Crippen molar-refractivity contribution in [1.82, 2.24) is 5.32 Å². The van der Waals surface area contributed by atoms with Crippen LogP contribution in [0.5, 0.6) is 5.75 Å². The number of carbonyl (C=O) groups is 2. The molecule has 0 fully saturated rings. The molecular weight excluding hydrogens is 398 g/mol. The van der Waals surface area contributed by atoms with Gasteiger partial charge < -0.3 is 14.8 Å². The normalized spacial score (nSPS) is 11.5. The summed E-state index contributed by atoms with van der Waals surface area (Å²) in [5.41, 5.74) is 1.86. The summed E-state index contributed by atoms with van der Waals surface area (Å²) < 4.78 is 10.4. The van der Waals surface area contributed by atoms with E-state index in [-0.39, 0.29) is 24.5 Å². The number of esters is 1. The number of methoxy groups -OCH3 is 1. The lowest BCUT2D eigenvalue weighted by Gasteiger charge is -2.20. The monoisotopic (exact) mass is 423 g/mol. The first-order valence-electron chi connectivity index (χ1n) is 9.82. The average molecular weight is 424 g/mol. The van der Waals surface area contributed by atoms with Gasteiger partial charge in [-0.2, -0.15) is 0 Å². The summed E-state index contributed by atoms with van der Waals surface area (Å²) in [5, 5.41) is 4.98. The van der Waals surface area contributed by atoms with Crippen LogP contribution in [0.4, 0.5) is 0 Å². The SMILES string of the molecule is COc1ccc([C@@H](NC(=O)COC(=O)CCCc2cccs2)c2ccccc2)cc1. The maximum atomic E-state index is 12.5. The Hall–Kier alpha value is -3.12. The number of nitrogens with one attached hydrogen (secondary N) is 1. The van der Waals surface area contributed by atoms with Gasteiger partial charge in [-0.1, -0.05) is 48.5 Å². The number of amides is 1. The lowest BCUT2D eigenvalue weighted by atomic mass is 9.98. The molecule has 5 nitrogen and oxygen atoms in total. The van der Waals surface area contributed by atoms with Crippen LogP contribution in [0.25, 0.3) is 0 Å². The Balaban J connectivity index is 1.54. The molecule has 1 atom stereocenters. The number of benzene rings is 2. The van der Waals surface area contributed by atoms with Crippen LogP contribution in [-0.4, -0.2) is 25.6 Å². The highest BCUT2D eigenvalue weighted by Gasteiger charge is 2.18. The number of hydrogen-bond donors (Lipinski definition) is 1. The van der Waals surface area contributed by atoms with Gasteiger partial charge >= 0.3 is 5.97 Å². The molecule has 0 saturated carbocycles. The molecule has 6 heteroatoms. The number of ether oxygens (including phenoxy) is 2. The van der Waals surface area contributed by atoms with Crippen LogP contribution in [0.1, 0.15) is 34.9 Å². The molecule has 1 amide bonds. The molecule has 156 valence electrons. The van der Waals surface area contributed by atoms with Crippen molar-refractivity contribution in [3.63, 3.8) is 0 Å². The van der Waals surface area contributed by atoms with Crippen LogP contribution in [0, 0.1) is 0 Å². The highest BCUT2D eigenvalue weighted by molar-refractivity contribution is 7.09. The summed E-state index contributed by atoms with van der Waals surface area (Å²) in [7, 11) is 1.61. The van der Waals surface area contributed by atoms with Gasteiger partial charge in [-0.25, -0.2) is 0 Å². The lowest BCUT2D eigenvalue weighted by molar-refractivity contribution is -0.148. The van der Waals surface area contributed by atoms with Crippen molar-refractivity contribution in [3.8, 4) is 5.75 Å². The van der Waals surface area contributed by atoms with Gasteiger partial charge in [0.05, 0.1) is 13.2 Å². The second kappa shape index (κ2) is 11.2. The van der Waals surface area contributed by atoms with Gasteiger partial charge in [-0.15, -0.1) is 11.3 Å². The van der Waals surface area contributed by atoms with Gasteiger partial charge in [-0.3, -0.25) is 9.59 Å². The minimum absolute atomic E-state index is 0.294. The van der Waals surface area contributed by atoms with Crippen LogP contribution < -0.4 is 10.1 Å². The summed E-state index contributed by atoms with van der Waals surface area (Å²) in [4.78, 5) is 25.7. The quantitative estimate of drug-likeness (QED) is 0.487. The molecule has 30 heavy (non-hydrogen) atoms. The second-order valence-electron chi connectivity index (χ2n) is 6.78. The zero-order chi connectivity index (χ0) is 21.2. The smallest absolute Gasteiger partial charge is 0.306 e. The van der Waals surface area contributed by atoms with E-state index in [1.54, 1.807) is 18.4 Å². The Morgan fingerprint density at radius 3 is 2.37 bits per heavy atom. The zero-order valence-corrected chi connectivity index (χ0v) is 17.7. The van der Waals surface area contributed by atoms with Gasteiger partial charge in [0.25, 0.3) is 5.91 Å². The first-order valence-corrected chi connectivity index (χ1v) is 10.7. The van der Waals surface area contributed by atoms with Crippen molar-refractivity contribution < 1.29 is 19.1 Å². The fourth-order valence-corrected chi connectivity index (χ4v) is 3.83. The highest BCUT2D eigenvalue weighted by atomic mass is 32.1. The molecule has 0 aliphatic rings. The van der Waals surface area contributed by atoms with Crippen molar-refractivity contribution in [2.45, 2.75) is 25.3 Å². The molecule has 0 saturated heterocycles. The standard InChI is InChI=1S/C24H25NO4S/c1-28-20-14-12-19(13-15-20)24(18-7-3-2-4-8-18)25-22(26)17-29-23(27)11-5-9-21-10-6-16-30-21/h2-4,6-8,10,12-16,24H,5,9,11,17H2,1H3,(H,25,26)/t24-/m0/s1. The van der Waals surface area contributed by atoms with E-state index in [1.807, 2.05) is 72.1 Å². The van der Waals surface area contributed by atoms with Crippen molar-refractivity contribution in [1.29, 1.82) is 0 Å². The van der Waals surface area contributed by atoms with Crippen molar-refractivity contribution in [2.75, 3.05) is 13.7 Å². The number of rotatable bonds is 10. The molecule has 3 aromatic rings. The van der Waals surface area contributed by atoms with Crippen LogP contribution >= 0.6 is 11.3 Å². The van der Waals surface area contributed by atoms with Crippen LogP contribution in [0.2, 0.25) is 0 Å². The van der Waals surface area contributed by atoms with Crippen LogP contribution in [0.15, 0.2) is 72.1 Å². The first kappa shape index (κ1) is 21.6. The van der Waals surface area contributed by atoms with E-state index in [2.05, 4.69) is 5.32 Å². The minimum Gasteiger partial charge on any atom is -0.497 e. The predicted molar refractivity (Wildman–Crippen MR) is 118 cm³/mol. The molecule has 2 aromatic carbocycles. The van der Waals surface area contributed by atoms with Crippen molar-refractivity contribution in [2.24, 2.45) is 0 Å². The molecule has 0 bridgehead atoms. The Morgan fingerprint density at radius 1 is 0.967 bits per heavy atom. The zero-order valence-electron chi connectivity index (χ0n) is 16.9. The fraction of sp³-hybridized carbons (Fsp3) is 0.250. The maximum absolute atomic E-state index is 12.5. The van der Waals surface area contributed by atoms with E-state index in [0.717, 1.165) is 23.3 Å². The predicted octanol–water partition coefficient (Wildman–Crippen LogP) is 4.53. The van der Waals surface area contributed by atoms with Gasteiger partial charge in [0.2, 0.25) is 0 Å². The van der Waals surface area contributed by atoms with Gasteiger partial charge in [0.1, 0.15) is 5.75 Å². The number of hydrogen-bond acceptors (Lipinski definition) is 5.